The number of amides is 3. The Kier molecular flexibility index (Phi) is 6.62. The molecule has 0 radical (unpaired) electrons. The van der Waals surface area contributed by atoms with Crippen LogP contribution in [0.1, 0.15) is 63.7 Å². The van der Waals surface area contributed by atoms with Gasteiger partial charge in [-0.2, -0.15) is 0 Å². The molecule has 3 rings (SSSR count). The van der Waals surface area contributed by atoms with E-state index in [9.17, 15) is 19.2 Å². The Morgan fingerprint density at radius 1 is 1.12 bits per heavy atom. The number of carbonyl (C=O) groups excluding carboxylic acids is 4. The van der Waals surface area contributed by atoms with Crippen molar-refractivity contribution in [1.82, 2.24) is 10.2 Å². The fourth-order valence-electron chi connectivity index (χ4n) is 5.54. The van der Waals surface area contributed by atoms with Crippen molar-refractivity contribution >= 4 is 29.4 Å². The topological polar surface area (TPSA) is 105 Å². The highest BCUT2D eigenvalue weighted by Crippen LogP contribution is 2.52. The minimum atomic E-state index is -1.06. The Labute approximate surface area is 189 Å². The van der Waals surface area contributed by atoms with Crippen LogP contribution in [0, 0.1) is 10.8 Å². The van der Waals surface area contributed by atoms with E-state index in [-0.39, 0.29) is 29.2 Å². The number of hydrogen-bond donors (Lipinski definition) is 2. The number of benzene rings is 1. The fourth-order valence-corrected chi connectivity index (χ4v) is 5.54. The molecule has 1 saturated carbocycles. The van der Waals surface area contributed by atoms with Gasteiger partial charge in [0.05, 0.1) is 13.5 Å². The van der Waals surface area contributed by atoms with E-state index in [1.165, 1.54) is 14.0 Å². The van der Waals surface area contributed by atoms with Gasteiger partial charge in [-0.1, -0.05) is 20.8 Å². The van der Waals surface area contributed by atoms with Crippen molar-refractivity contribution in [2.75, 3.05) is 19.0 Å². The molecular weight excluding hydrogens is 410 g/mol. The number of methoxy groups -OCH3 is 1. The van der Waals surface area contributed by atoms with Gasteiger partial charge in [0, 0.05) is 30.8 Å². The molecule has 174 valence electrons. The average Bonchev–Trinajstić information content (AvgIpc) is 2.95. The third-order valence-corrected chi connectivity index (χ3v) is 6.34. The van der Waals surface area contributed by atoms with Crippen molar-refractivity contribution in [3.8, 4) is 0 Å². The normalized spacial score (nSPS) is 24.4. The van der Waals surface area contributed by atoms with Crippen LogP contribution in [0.3, 0.4) is 0 Å². The maximum Gasteiger partial charge on any atom is 0.328 e. The number of likely N-dealkylation sites (tertiary alicyclic amines) is 1. The van der Waals surface area contributed by atoms with Crippen LogP contribution in [0.2, 0.25) is 0 Å². The SMILES string of the molecule is COC(=O)C(CC(=O)Nc1ccc(C(=O)N2CC3(C)CC2CC(C)(C)C3)cc1)NC(C)=O. The summed E-state index contributed by atoms with van der Waals surface area (Å²) in [5.41, 5.74) is 1.49. The van der Waals surface area contributed by atoms with Crippen LogP contribution in [-0.2, 0) is 19.1 Å². The molecule has 3 unspecified atom stereocenters. The second kappa shape index (κ2) is 8.92. The highest BCUT2D eigenvalue weighted by molar-refractivity contribution is 5.97. The van der Waals surface area contributed by atoms with Gasteiger partial charge in [0.15, 0.2) is 0 Å². The molecule has 8 nitrogen and oxygen atoms in total. The van der Waals surface area contributed by atoms with Gasteiger partial charge in [-0.3, -0.25) is 14.4 Å². The number of nitrogens with one attached hydrogen (secondary N) is 2. The minimum Gasteiger partial charge on any atom is -0.467 e. The Balaban J connectivity index is 1.62. The van der Waals surface area contributed by atoms with Crippen LogP contribution in [0.5, 0.6) is 0 Å². The Morgan fingerprint density at radius 2 is 1.78 bits per heavy atom. The molecule has 2 bridgehead atoms. The molecule has 1 aliphatic heterocycles. The first kappa shape index (κ1) is 23.8. The fraction of sp³-hybridized carbons (Fsp3) is 0.583. The smallest absolute Gasteiger partial charge is 0.328 e. The third-order valence-electron chi connectivity index (χ3n) is 6.34. The van der Waals surface area contributed by atoms with Crippen molar-refractivity contribution in [3.05, 3.63) is 29.8 Å². The lowest BCUT2D eigenvalue weighted by Gasteiger charge is -2.39. The van der Waals surface area contributed by atoms with Crippen LogP contribution < -0.4 is 10.6 Å². The van der Waals surface area contributed by atoms with Crippen LogP contribution in [-0.4, -0.2) is 54.3 Å². The van der Waals surface area contributed by atoms with Gasteiger partial charge in [-0.05, 0) is 54.4 Å². The summed E-state index contributed by atoms with van der Waals surface area (Å²) in [6, 6.07) is 5.96. The minimum absolute atomic E-state index is 0.0192. The lowest BCUT2D eigenvalue weighted by Crippen LogP contribution is -2.42. The molecular formula is C24H33N3O5. The number of rotatable bonds is 6. The number of anilines is 1. The zero-order valence-electron chi connectivity index (χ0n) is 19.5. The van der Waals surface area contributed by atoms with Crippen molar-refractivity contribution in [2.24, 2.45) is 10.8 Å². The van der Waals surface area contributed by atoms with Gasteiger partial charge in [0.25, 0.3) is 5.91 Å². The standard InChI is InChI=1S/C24H33N3O5/c1-15(28)25-19(22(31)32-5)10-20(29)26-17-8-6-16(7-9-17)21(30)27-14-24(4)12-18(27)11-23(2,3)13-24/h6-9,18-19H,10-14H2,1-5H3,(H,25,28)(H,26,29). The Bertz CT molecular complexity index is 911. The molecule has 8 heteroatoms. The predicted octanol–water partition coefficient (Wildman–Crippen LogP) is 2.73. The zero-order chi connectivity index (χ0) is 23.7. The molecule has 1 heterocycles. The van der Waals surface area contributed by atoms with E-state index >= 15 is 0 Å². The largest absolute Gasteiger partial charge is 0.467 e. The van der Waals surface area contributed by atoms with Crippen molar-refractivity contribution in [3.63, 3.8) is 0 Å². The van der Waals surface area contributed by atoms with Crippen molar-refractivity contribution in [1.29, 1.82) is 0 Å². The highest BCUT2D eigenvalue weighted by Gasteiger charge is 2.51. The quantitative estimate of drug-likeness (QED) is 0.658. The molecule has 1 aromatic rings. The molecule has 0 spiro atoms. The molecule has 3 atom stereocenters. The zero-order valence-corrected chi connectivity index (χ0v) is 19.5. The molecule has 1 aliphatic carbocycles. The van der Waals surface area contributed by atoms with Gasteiger partial charge < -0.3 is 20.3 Å². The molecule has 32 heavy (non-hydrogen) atoms. The number of carbonyl (C=O) groups is 4. The van der Waals surface area contributed by atoms with Gasteiger partial charge in [0.2, 0.25) is 11.8 Å². The number of hydrogen-bond acceptors (Lipinski definition) is 5. The van der Waals surface area contributed by atoms with Gasteiger partial charge in [-0.15, -0.1) is 0 Å². The van der Waals surface area contributed by atoms with E-state index in [0.717, 1.165) is 25.8 Å². The maximum absolute atomic E-state index is 13.2. The summed E-state index contributed by atoms with van der Waals surface area (Å²) in [7, 11) is 1.19. The van der Waals surface area contributed by atoms with E-state index < -0.39 is 23.8 Å². The third kappa shape index (κ3) is 5.47. The summed E-state index contributed by atoms with van der Waals surface area (Å²) in [5.74, 6) is -1.55. The Morgan fingerprint density at radius 3 is 2.38 bits per heavy atom. The molecule has 2 fully saturated rings. The second-order valence-corrected chi connectivity index (χ2v) is 10.3. The van der Waals surface area contributed by atoms with E-state index in [1.54, 1.807) is 24.3 Å². The van der Waals surface area contributed by atoms with Crippen LogP contribution in [0.15, 0.2) is 24.3 Å². The predicted molar refractivity (Wildman–Crippen MR) is 120 cm³/mol. The Hall–Kier alpha value is -2.90. The summed E-state index contributed by atoms with van der Waals surface area (Å²) < 4.78 is 4.63. The summed E-state index contributed by atoms with van der Waals surface area (Å²) in [4.78, 5) is 50.5. The van der Waals surface area contributed by atoms with Gasteiger partial charge >= 0.3 is 5.97 Å². The van der Waals surface area contributed by atoms with Gasteiger partial charge in [0.1, 0.15) is 6.04 Å². The summed E-state index contributed by atoms with van der Waals surface area (Å²) in [6.45, 7) is 8.87. The van der Waals surface area contributed by atoms with Crippen molar-refractivity contribution in [2.45, 2.75) is 65.5 Å². The summed E-state index contributed by atoms with van der Waals surface area (Å²) in [6.07, 6.45) is 2.93. The molecule has 2 N–H and O–H groups in total. The van der Waals surface area contributed by atoms with Gasteiger partial charge in [-0.25, -0.2) is 4.79 Å². The number of nitrogens with zero attached hydrogens (tertiary/aromatic N) is 1. The second-order valence-electron chi connectivity index (χ2n) is 10.3. The molecule has 0 aromatic heterocycles. The monoisotopic (exact) mass is 443 g/mol. The molecule has 2 aliphatic rings. The summed E-state index contributed by atoms with van der Waals surface area (Å²) >= 11 is 0. The number of esters is 1. The lowest BCUT2D eigenvalue weighted by molar-refractivity contribution is -0.146. The van der Waals surface area contributed by atoms with E-state index in [4.69, 9.17) is 0 Å². The lowest BCUT2D eigenvalue weighted by atomic mass is 9.65. The number of fused-ring (bicyclic) bond motifs is 2. The van der Waals surface area contributed by atoms with Crippen LogP contribution in [0.4, 0.5) is 5.69 Å². The number of ether oxygens (including phenoxy) is 1. The first-order valence-electron chi connectivity index (χ1n) is 11.0. The average molecular weight is 444 g/mol. The van der Waals surface area contributed by atoms with Crippen LogP contribution in [0.25, 0.3) is 0 Å². The van der Waals surface area contributed by atoms with Crippen LogP contribution >= 0.6 is 0 Å². The first-order chi connectivity index (χ1) is 14.9. The van der Waals surface area contributed by atoms with E-state index in [1.807, 2.05) is 4.90 Å². The highest BCUT2D eigenvalue weighted by atomic mass is 16.5. The molecule has 1 aromatic carbocycles. The summed E-state index contributed by atoms with van der Waals surface area (Å²) in [5, 5.41) is 5.10. The van der Waals surface area contributed by atoms with E-state index in [0.29, 0.717) is 11.3 Å². The first-order valence-corrected chi connectivity index (χ1v) is 11.0. The molecule has 3 amide bonds. The van der Waals surface area contributed by atoms with E-state index in [2.05, 4.69) is 36.1 Å². The van der Waals surface area contributed by atoms with Crippen molar-refractivity contribution < 1.29 is 23.9 Å². The maximum atomic E-state index is 13.2. The molecule has 1 saturated heterocycles.